The van der Waals surface area contributed by atoms with Gasteiger partial charge in [0.05, 0.1) is 41.9 Å². The van der Waals surface area contributed by atoms with Crippen LogP contribution < -0.4 is 10.5 Å². The van der Waals surface area contributed by atoms with Crippen LogP contribution in [0.4, 0.5) is 5.82 Å². The van der Waals surface area contributed by atoms with E-state index in [1.54, 1.807) is 27.8 Å². The molecule has 0 spiro atoms. The number of benzene rings is 3. The minimum absolute atomic E-state index is 0.0583. The van der Waals surface area contributed by atoms with Crippen LogP contribution in [0.25, 0.3) is 16.6 Å². The number of aryl methyl sites for hydroxylation is 1. The van der Waals surface area contributed by atoms with Gasteiger partial charge in [0, 0.05) is 43.7 Å². The Kier molecular flexibility index (Phi) is 9.75. The summed E-state index contributed by atoms with van der Waals surface area (Å²) in [5.41, 5.74) is 10.2. The molecule has 1 saturated heterocycles. The first-order chi connectivity index (χ1) is 23.0. The fourth-order valence-electron chi connectivity index (χ4n) is 5.67. The van der Waals surface area contributed by atoms with Crippen LogP contribution in [0.2, 0.25) is 30.7 Å². The fourth-order valence-corrected chi connectivity index (χ4v) is 6.61. The summed E-state index contributed by atoms with van der Waals surface area (Å²) in [6, 6.07) is 21.1. The number of halogens is 1. The standard InChI is InChI=1S/C36H40ClN5O5Si/c1-24-18-29(47-28-7-5-6-27(37)21-28)9-11-31(24)42-35(38)30(22-39-42)34(43)33-20-26-19-25(36(44)40-12-14-45-15-13-40)8-10-32(26)41(33)23-46-16-17-48(2,3)4/h5-11,18-22H,12-17,23,38H2,1-4H3. The van der Waals surface area contributed by atoms with Gasteiger partial charge in [-0.2, -0.15) is 5.10 Å². The van der Waals surface area contributed by atoms with Gasteiger partial charge in [-0.1, -0.05) is 37.3 Å². The number of ketones is 1. The van der Waals surface area contributed by atoms with Gasteiger partial charge in [0.25, 0.3) is 5.91 Å². The molecule has 0 bridgehead atoms. The zero-order valence-electron chi connectivity index (χ0n) is 27.7. The highest BCUT2D eigenvalue weighted by Crippen LogP contribution is 2.30. The molecule has 0 atom stereocenters. The molecule has 1 amide bonds. The largest absolute Gasteiger partial charge is 0.457 e. The minimum atomic E-state index is -1.32. The maximum atomic E-state index is 14.2. The van der Waals surface area contributed by atoms with Crippen molar-refractivity contribution in [1.82, 2.24) is 19.2 Å². The van der Waals surface area contributed by atoms with Crippen LogP contribution in [0.15, 0.2) is 72.9 Å². The van der Waals surface area contributed by atoms with Gasteiger partial charge in [0.2, 0.25) is 5.78 Å². The van der Waals surface area contributed by atoms with E-state index in [2.05, 4.69) is 24.7 Å². The Hall–Kier alpha value is -4.42. The van der Waals surface area contributed by atoms with E-state index in [9.17, 15) is 9.59 Å². The summed E-state index contributed by atoms with van der Waals surface area (Å²) in [4.78, 5) is 29.3. The molecular formula is C36H40ClN5O5Si. The summed E-state index contributed by atoms with van der Waals surface area (Å²) >= 11 is 6.11. The highest BCUT2D eigenvalue weighted by Gasteiger charge is 2.25. The summed E-state index contributed by atoms with van der Waals surface area (Å²) < 4.78 is 20.9. The fraction of sp³-hybridized carbons (Fsp3) is 0.306. The average Bonchev–Trinajstić information content (AvgIpc) is 3.62. The average molecular weight is 686 g/mol. The molecule has 1 fully saturated rings. The summed E-state index contributed by atoms with van der Waals surface area (Å²) in [5.74, 6) is 1.12. The Morgan fingerprint density at radius 3 is 2.50 bits per heavy atom. The molecule has 48 heavy (non-hydrogen) atoms. The predicted molar refractivity (Wildman–Crippen MR) is 190 cm³/mol. The second kappa shape index (κ2) is 14.0. The lowest BCUT2D eigenvalue weighted by atomic mass is 10.1. The number of nitrogen functional groups attached to an aromatic ring is 1. The Balaban J connectivity index is 1.30. The van der Waals surface area contributed by atoms with Crippen molar-refractivity contribution in [3.8, 4) is 17.2 Å². The molecule has 1 aliphatic rings. The number of morpholine rings is 1. The first-order valence-electron chi connectivity index (χ1n) is 16.0. The second-order valence-corrected chi connectivity index (χ2v) is 19.2. The van der Waals surface area contributed by atoms with Crippen LogP contribution in [-0.2, 0) is 16.2 Å². The minimum Gasteiger partial charge on any atom is -0.457 e. The van der Waals surface area contributed by atoms with Gasteiger partial charge in [-0.15, -0.1) is 0 Å². The first kappa shape index (κ1) is 33.5. The lowest BCUT2D eigenvalue weighted by molar-refractivity contribution is 0.0303. The molecule has 3 aromatic carbocycles. The molecule has 2 N–H and O–H groups in total. The Bertz CT molecular complexity index is 1980. The zero-order chi connectivity index (χ0) is 34.0. The molecule has 0 radical (unpaired) electrons. The zero-order valence-corrected chi connectivity index (χ0v) is 29.4. The molecule has 250 valence electrons. The van der Waals surface area contributed by atoms with Gasteiger partial charge >= 0.3 is 0 Å². The van der Waals surface area contributed by atoms with Crippen molar-refractivity contribution in [1.29, 1.82) is 0 Å². The molecule has 10 nitrogen and oxygen atoms in total. The third kappa shape index (κ3) is 7.34. The van der Waals surface area contributed by atoms with Crippen molar-refractivity contribution >= 4 is 48.1 Å². The van der Waals surface area contributed by atoms with Crippen molar-refractivity contribution in [3.63, 3.8) is 0 Å². The van der Waals surface area contributed by atoms with E-state index in [0.717, 1.165) is 22.5 Å². The summed E-state index contributed by atoms with van der Waals surface area (Å²) in [5, 5.41) is 5.86. The van der Waals surface area contributed by atoms with Crippen molar-refractivity contribution in [2.45, 2.75) is 39.3 Å². The Morgan fingerprint density at radius 1 is 1.00 bits per heavy atom. The molecule has 6 rings (SSSR count). The topological polar surface area (TPSA) is 114 Å². The molecule has 3 heterocycles. The lowest BCUT2D eigenvalue weighted by Gasteiger charge is -2.26. The third-order valence-electron chi connectivity index (χ3n) is 8.38. The van der Waals surface area contributed by atoms with E-state index < -0.39 is 8.07 Å². The third-order valence-corrected chi connectivity index (χ3v) is 10.3. The Labute approximate surface area is 285 Å². The van der Waals surface area contributed by atoms with E-state index >= 15 is 0 Å². The van der Waals surface area contributed by atoms with Crippen molar-refractivity contribution < 1.29 is 23.8 Å². The Morgan fingerprint density at radius 2 is 1.77 bits per heavy atom. The lowest BCUT2D eigenvalue weighted by Crippen LogP contribution is -2.40. The smallest absolute Gasteiger partial charge is 0.254 e. The van der Waals surface area contributed by atoms with E-state index in [4.69, 9.17) is 31.5 Å². The van der Waals surface area contributed by atoms with E-state index in [1.165, 1.54) is 6.20 Å². The summed E-state index contributed by atoms with van der Waals surface area (Å²) in [7, 11) is -1.32. The van der Waals surface area contributed by atoms with Gasteiger partial charge in [-0.05, 0) is 79.2 Å². The SMILES string of the molecule is Cc1cc(Oc2cccc(Cl)c2)ccc1-n1ncc(C(=O)c2cc3cc(C(=O)N4CCOCC4)ccc3n2COCC[Si](C)(C)C)c1N. The van der Waals surface area contributed by atoms with Crippen LogP contribution in [-0.4, -0.2) is 71.9 Å². The molecule has 0 saturated carbocycles. The molecule has 0 aliphatic carbocycles. The number of nitrogens with zero attached hydrogens (tertiary/aromatic N) is 4. The molecule has 2 aromatic heterocycles. The van der Waals surface area contributed by atoms with Crippen LogP contribution >= 0.6 is 11.6 Å². The normalized spacial score (nSPS) is 13.6. The van der Waals surface area contributed by atoms with Crippen molar-refractivity contribution in [3.05, 3.63) is 100 Å². The highest BCUT2D eigenvalue weighted by atomic mass is 35.5. The molecule has 0 unspecified atom stereocenters. The number of carbonyl (C=O) groups excluding carboxylic acids is 2. The van der Waals surface area contributed by atoms with Crippen LogP contribution in [0, 0.1) is 6.92 Å². The number of rotatable bonds is 11. The van der Waals surface area contributed by atoms with Gasteiger partial charge in [-0.25, -0.2) is 4.68 Å². The maximum Gasteiger partial charge on any atom is 0.254 e. The number of carbonyl (C=O) groups is 2. The first-order valence-corrected chi connectivity index (χ1v) is 20.1. The monoisotopic (exact) mass is 685 g/mol. The van der Waals surface area contributed by atoms with E-state index in [0.29, 0.717) is 66.4 Å². The molecular weight excluding hydrogens is 646 g/mol. The highest BCUT2D eigenvalue weighted by molar-refractivity contribution is 6.76. The number of amides is 1. The maximum absolute atomic E-state index is 14.2. The van der Waals surface area contributed by atoms with Gasteiger partial charge < -0.3 is 29.4 Å². The van der Waals surface area contributed by atoms with Crippen molar-refractivity contribution in [2.24, 2.45) is 0 Å². The number of ether oxygens (including phenoxy) is 3. The quantitative estimate of drug-likeness (QED) is 0.0890. The van der Waals surface area contributed by atoms with E-state index in [1.807, 2.05) is 60.0 Å². The van der Waals surface area contributed by atoms with Gasteiger partial charge in [-0.3, -0.25) is 9.59 Å². The van der Waals surface area contributed by atoms with Crippen LogP contribution in [0.5, 0.6) is 11.5 Å². The van der Waals surface area contributed by atoms with Crippen molar-refractivity contribution in [2.75, 3.05) is 38.6 Å². The second-order valence-electron chi connectivity index (χ2n) is 13.2. The summed E-state index contributed by atoms with van der Waals surface area (Å²) in [6.07, 6.45) is 1.49. The van der Waals surface area contributed by atoms with Gasteiger partial charge in [0.15, 0.2) is 0 Å². The number of nitrogens with two attached hydrogens (primary N) is 1. The predicted octanol–water partition coefficient (Wildman–Crippen LogP) is 7.18. The number of hydrogen-bond acceptors (Lipinski definition) is 7. The van der Waals surface area contributed by atoms with Gasteiger partial charge in [0.1, 0.15) is 24.0 Å². The van der Waals surface area contributed by atoms with E-state index in [-0.39, 0.29) is 29.8 Å². The van der Waals surface area contributed by atoms with Crippen LogP contribution in [0.1, 0.15) is 32.0 Å². The number of hydrogen-bond donors (Lipinski definition) is 1. The molecule has 1 aliphatic heterocycles. The summed E-state index contributed by atoms with van der Waals surface area (Å²) in [6.45, 7) is 11.7. The molecule has 5 aromatic rings. The molecule has 12 heteroatoms. The number of aromatic nitrogens is 3. The number of fused-ring (bicyclic) bond motifs is 1. The van der Waals surface area contributed by atoms with Crippen LogP contribution in [0.3, 0.4) is 0 Å². The number of anilines is 1.